The number of benzene rings is 1. The first-order valence-electron chi connectivity index (χ1n) is 8.87. The van der Waals surface area contributed by atoms with Crippen LogP contribution >= 0.6 is 0 Å². The molecule has 1 saturated heterocycles. The number of carboxylic acid groups (broad SMARTS) is 1. The topological polar surface area (TPSA) is 71.8 Å². The second kappa shape index (κ2) is 8.29. The molecule has 1 fully saturated rings. The molecule has 0 aliphatic carbocycles. The number of carbonyl (C=O) groups is 1. The Morgan fingerprint density at radius 1 is 1.15 bits per heavy atom. The Bertz CT molecular complexity index is 805. The van der Waals surface area contributed by atoms with Crippen molar-refractivity contribution in [1.82, 2.24) is 9.47 Å². The van der Waals surface area contributed by atoms with Crippen LogP contribution in [0.3, 0.4) is 0 Å². The number of hydrogen-bond donors (Lipinski definition) is 1. The molecule has 0 radical (unpaired) electrons. The molecule has 0 spiro atoms. The van der Waals surface area contributed by atoms with Crippen LogP contribution in [0, 0.1) is 0 Å². The third kappa shape index (κ3) is 4.20. The number of carboxylic acids is 1. The van der Waals surface area contributed by atoms with E-state index in [-0.39, 0.29) is 11.1 Å². The average molecular weight is 356 g/mol. The lowest BCUT2D eigenvalue weighted by Crippen LogP contribution is -2.39. The summed E-state index contributed by atoms with van der Waals surface area (Å²) in [7, 11) is 1.76. The highest BCUT2D eigenvalue weighted by atomic mass is 16.5. The van der Waals surface area contributed by atoms with Gasteiger partial charge in [0.05, 0.1) is 11.7 Å². The summed E-state index contributed by atoms with van der Waals surface area (Å²) in [5, 5.41) is 8.99. The molecule has 2 heterocycles. The van der Waals surface area contributed by atoms with Crippen LogP contribution in [0.5, 0.6) is 0 Å². The largest absolute Gasteiger partial charge is 0.478 e. The molecule has 0 saturated carbocycles. The molecule has 0 amide bonds. The molecule has 6 heteroatoms. The van der Waals surface area contributed by atoms with Crippen LogP contribution in [0.2, 0.25) is 0 Å². The number of pyridine rings is 1. The quantitative estimate of drug-likeness (QED) is 0.860. The number of piperidine rings is 1. The van der Waals surface area contributed by atoms with Crippen molar-refractivity contribution in [1.29, 1.82) is 0 Å². The summed E-state index contributed by atoms with van der Waals surface area (Å²) in [6.45, 7) is 3.45. The number of hydrogen-bond acceptors (Lipinski definition) is 4. The number of ether oxygens (including phenoxy) is 1. The van der Waals surface area contributed by atoms with Crippen molar-refractivity contribution in [3.63, 3.8) is 0 Å². The van der Waals surface area contributed by atoms with Gasteiger partial charge < -0.3 is 19.3 Å². The molecule has 0 bridgehead atoms. The van der Waals surface area contributed by atoms with Crippen molar-refractivity contribution < 1.29 is 14.6 Å². The Morgan fingerprint density at radius 2 is 1.85 bits per heavy atom. The SMILES string of the molecule is COC1CCN(CCn2cccc(-c3ccc(C(=O)O)cc3)c2=O)CC1. The summed E-state index contributed by atoms with van der Waals surface area (Å²) < 4.78 is 7.12. The number of rotatable bonds is 6. The van der Waals surface area contributed by atoms with E-state index in [0.717, 1.165) is 38.0 Å². The van der Waals surface area contributed by atoms with Gasteiger partial charge >= 0.3 is 5.97 Å². The Morgan fingerprint density at radius 3 is 2.46 bits per heavy atom. The second-order valence-corrected chi connectivity index (χ2v) is 6.58. The molecule has 0 unspecified atom stereocenters. The second-order valence-electron chi connectivity index (χ2n) is 6.58. The fraction of sp³-hybridized carbons (Fsp3) is 0.400. The lowest BCUT2D eigenvalue weighted by Gasteiger charge is -2.31. The molecule has 1 aliphatic rings. The summed E-state index contributed by atoms with van der Waals surface area (Å²) >= 11 is 0. The number of likely N-dealkylation sites (tertiary alicyclic amines) is 1. The highest BCUT2D eigenvalue weighted by Gasteiger charge is 2.18. The summed E-state index contributed by atoms with van der Waals surface area (Å²) in [6.07, 6.45) is 4.22. The maximum absolute atomic E-state index is 12.8. The minimum atomic E-state index is -0.973. The van der Waals surface area contributed by atoms with Crippen LogP contribution in [0.25, 0.3) is 11.1 Å². The molecule has 1 aromatic heterocycles. The molecular weight excluding hydrogens is 332 g/mol. The first kappa shape index (κ1) is 18.4. The Labute approximate surface area is 152 Å². The van der Waals surface area contributed by atoms with Gasteiger partial charge in [0.2, 0.25) is 0 Å². The van der Waals surface area contributed by atoms with Gasteiger partial charge in [0.25, 0.3) is 5.56 Å². The predicted octanol–water partition coefficient (Wildman–Crippen LogP) is 2.32. The van der Waals surface area contributed by atoms with Crippen molar-refractivity contribution in [3.8, 4) is 11.1 Å². The summed E-state index contributed by atoms with van der Waals surface area (Å²) in [5.74, 6) is -0.973. The van der Waals surface area contributed by atoms with Gasteiger partial charge in [-0.05, 0) is 42.7 Å². The molecule has 0 atom stereocenters. The Balaban J connectivity index is 1.69. The molecule has 3 rings (SSSR count). The van der Waals surface area contributed by atoms with Gasteiger partial charge in [0.15, 0.2) is 0 Å². The summed E-state index contributed by atoms with van der Waals surface area (Å²) in [6, 6.07) is 10.0. The van der Waals surface area contributed by atoms with Crippen molar-refractivity contribution in [2.45, 2.75) is 25.5 Å². The molecule has 1 aromatic carbocycles. The lowest BCUT2D eigenvalue weighted by atomic mass is 10.1. The fourth-order valence-corrected chi connectivity index (χ4v) is 3.34. The minimum Gasteiger partial charge on any atom is -0.478 e. The van der Waals surface area contributed by atoms with Crippen molar-refractivity contribution in [3.05, 3.63) is 58.5 Å². The zero-order valence-corrected chi connectivity index (χ0v) is 14.9. The van der Waals surface area contributed by atoms with E-state index in [9.17, 15) is 9.59 Å². The molecule has 2 aromatic rings. The normalized spacial score (nSPS) is 15.9. The predicted molar refractivity (Wildman–Crippen MR) is 99.6 cm³/mol. The van der Waals surface area contributed by atoms with Gasteiger partial charge in [-0.25, -0.2) is 4.79 Å². The number of methoxy groups -OCH3 is 1. The summed E-state index contributed by atoms with van der Waals surface area (Å²) in [5.41, 5.74) is 1.48. The van der Waals surface area contributed by atoms with Gasteiger partial charge in [-0.15, -0.1) is 0 Å². The van der Waals surface area contributed by atoms with E-state index in [4.69, 9.17) is 9.84 Å². The van der Waals surface area contributed by atoms with Crippen molar-refractivity contribution in [2.24, 2.45) is 0 Å². The fourth-order valence-electron chi connectivity index (χ4n) is 3.34. The third-order valence-corrected chi connectivity index (χ3v) is 4.99. The van der Waals surface area contributed by atoms with Crippen LogP contribution in [-0.2, 0) is 11.3 Å². The first-order valence-corrected chi connectivity index (χ1v) is 8.87. The molecular formula is C20H24N2O4. The van der Waals surface area contributed by atoms with Gasteiger partial charge in [0.1, 0.15) is 0 Å². The Hall–Kier alpha value is -2.44. The van der Waals surface area contributed by atoms with E-state index < -0.39 is 5.97 Å². The molecule has 6 nitrogen and oxygen atoms in total. The zero-order valence-electron chi connectivity index (χ0n) is 14.9. The van der Waals surface area contributed by atoms with Gasteiger partial charge in [-0.1, -0.05) is 12.1 Å². The average Bonchev–Trinajstić information content (AvgIpc) is 2.67. The zero-order chi connectivity index (χ0) is 18.5. The molecule has 1 N–H and O–H groups in total. The van der Waals surface area contributed by atoms with Gasteiger partial charge in [0, 0.05) is 45.0 Å². The first-order chi connectivity index (χ1) is 12.6. The van der Waals surface area contributed by atoms with Gasteiger partial charge in [-0.2, -0.15) is 0 Å². The van der Waals surface area contributed by atoms with Crippen LogP contribution in [0.1, 0.15) is 23.2 Å². The Kier molecular flexibility index (Phi) is 5.85. The van der Waals surface area contributed by atoms with E-state index in [0.29, 0.717) is 18.2 Å². The minimum absolute atomic E-state index is 0.0534. The van der Waals surface area contributed by atoms with Crippen LogP contribution in [0.4, 0.5) is 0 Å². The maximum Gasteiger partial charge on any atom is 0.335 e. The third-order valence-electron chi connectivity index (χ3n) is 4.99. The number of nitrogens with zero attached hydrogens (tertiary/aromatic N) is 2. The van der Waals surface area contributed by atoms with E-state index in [2.05, 4.69) is 4.90 Å². The lowest BCUT2D eigenvalue weighted by molar-refractivity contribution is 0.0401. The highest BCUT2D eigenvalue weighted by molar-refractivity contribution is 5.88. The van der Waals surface area contributed by atoms with Crippen molar-refractivity contribution >= 4 is 5.97 Å². The highest BCUT2D eigenvalue weighted by Crippen LogP contribution is 2.16. The smallest absolute Gasteiger partial charge is 0.335 e. The molecule has 1 aliphatic heterocycles. The van der Waals surface area contributed by atoms with E-state index in [1.807, 2.05) is 6.07 Å². The van der Waals surface area contributed by atoms with E-state index in [1.165, 1.54) is 12.1 Å². The molecule has 26 heavy (non-hydrogen) atoms. The number of aromatic nitrogens is 1. The number of aromatic carboxylic acids is 1. The monoisotopic (exact) mass is 356 g/mol. The van der Waals surface area contributed by atoms with E-state index in [1.54, 1.807) is 36.1 Å². The van der Waals surface area contributed by atoms with E-state index >= 15 is 0 Å². The van der Waals surface area contributed by atoms with Crippen molar-refractivity contribution in [2.75, 3.05) is 26.7 Å². The van der Waals surface area contributed by atoms with Crippen LogP contribution in [-0.4, -0.2) is 53.4 Å². The van der Waals surface area contributed by atoms with Crippen LogP contribution < -0.4 is 5.56 Å². The standard InChI is InChI=1S/C20H24N2O4/c1-26-17-8-11-21(12-9-17)13-14-22-10-2-3-18(19(22)23)15-4-6-16(7-5-15)20(24)25/h2-7,10,17H,8-9,11-14H2,1H3,(H,24,25). The van der Waals surface area contributed by atoms with Crippen LogP contribution in [0.15, 0.2) is 47.4 Å². The van der Waals surface area contributed by atoms with Gasteiger partial charge in [-0.3, -0.25) is 4.79 Å². The molecule has 138 valence electrons. The summed E-state index contributed by atoms with van der Waals surface area (Å²) in [4.78, 5) is 26.1. The maximum atomic E-state index is 12.8.